The number of ether oxygens (including phenoxy) is 4. The third kappa shape index (κ3) is 4.64. The van der Waals surface area contributed by atoms with E-state index in [1.54, 1.807) is 40.6 Å². The first kappa shape index (κ1) is 24.8. The summed E-state index contributed by atoms with van der Waals surface area (Å²) in [5, 5.41) is 5.97. The van der Waals surface area contributed by atoms with E-state index < -0.39 is 0 Å². The van der Waals surface area contributed by atoms with E-state index >= 15 is 0 Å². The lowest BCUT2D eigenvalue weighted by atomic mass is 9.99. The molecule has 1 aromatic heterocycles. The van der Waals surface area contributed by atoms with E-state index in [0.717, 1.165) is 40.2 Å². The fourth-order valence-electron chi connectivity index (χ4n) is 4.08. The van der Waals surface area contributed by atoms with E-state index in [-0.39, 0.29) is 0 Å². The molecule has 0 saturated heterocycles. The van der Waals surface area contributed by atoms with Gasteiger partial charge in [0, 0.05) is 16.7 Å². The summed E-state index contributed by atoms with van der Waals surface area (Å²) < 4.78 is 23.9. The molecule has 0 saturated carbocycles. The normalized spacial score (nSPS) is 10.8. The van der Waals surface area contributed by atoms with Gasteiger partial charge in [0.15, 0.2) is 23.0 Å². The molecule has 0 amide bonds. The van der Waals surface area contributed by atoms with Gasteiger partial charge in [-0.05, 0) is 61.0 Å². The average molecular weight is 513 g/mol. The number of halogens is 2. The van der Waals surface area contributed by atoms with Crippen molar-refractivity contribution in [3.63, 3.8) is 0 Å². The number of nitrogens with zero attached hydrogens (tertiary/aromatic N) is 2. The van der Waals surface area contributed by atoms with Gasteiger partial charge in [0.25, 0.3) is 0 Å². The van der Waals surface area contributed by atoms with Crippen LogP contribution in [-0.2, 0) is 6.42 Å². The van der Waals surface area contributed by atoms with Gasteiger partial charge in [-0.2, -0.15) is 5.10 Å². The fourth-order valence-corrected chi connectivity index (χ4v) is 4.38. The summed E-state index contributed by atoms with van der Waals surface area (Å²) in [4.78, 5) is 0. The van der Waals surface area contributed by atoms with Gasteiger partial charge in [-0.1, -0.05) is 30.1 Å². The van der Waals surface area contributed by atoms with Crippen molar-refractivity contribution < 1.29 is 18.9 Å². The second-order valence-electron chi connectivity index (χ2n) is 7.68. The third-order valence-electron chi connectivity index (χ3n) is 5.80. The molecular formula is C27H26Cl2N2O4. The zero-order valence-electron chi connectivity index (χ0n) is 20.2. The van der Waals surface area contributed by atoms with Gasteiger partial charge in [0.05, 0.1) is 55.6 Å². The molecule has 0 fully saturated rings. The van der Waals surface area contributed by atoms with Gasteiger partial charge in [0.1, 0.15) is 0 Å². The quantitative estimate of drug-likeness (QED) is 0.251. The van der Waals surface area contributed by atoms with E-state index in [1.807, 2.05) is 47.1 Å². The van der Waals surface area contributed by atoms with Gasteiger partial charge < -0.3 is 18.9 Å². The van der Waals surface area contributed by atoms with Crippen LogP contribution in [0.5, 0.6) is 23.0 Å². The number of methoxy groups -OCH3 is 4. The number of rotatable bonds is 8. The molecule has 0 aliphatic heterocycles. The molecule has 0 N–H and O–H groups in total. The second kappa shape index (κ2) is 10.5. The maximum atomic E-state index is 6.38. The molecular weight excluding hydrogens is 487 g/mol. The largest absolute Gasteiger partial charge is 0.493 e. The summed E-state index contributed by atoms with van der Waals surface area (Å²) >= 11 is 12.6. The molecule has 1 heterocycles. The van der Waals surface area contributed by atoms with Crippen molar-refractivity contribution in [3.8, 4) is 51.2 Å². The summed E-state index contributed by atoms with van der Waals surface area (Å²) in [5.74, 6) is 2.55. The molecule has 3 aromatic carbocycles. The van der Waals surface area contributed by atoms with Gasteiger partial charge in [-0.25, -0.2) is 4.68 Å². The summed E-state index contributed by atoms with van der Waals surface area (Å²) in [7, 11) is 6.47. The highest BCUT2D eigenvalue weighted by atomic mass is 35.5. The van der Waals surface area contributed by atoms with Crippen molar-refractivity contribution in [1.29, 1.82) is 0 Å². The molecule has 6 nitrogen and oxygen atoms in total. The zero-order valence-corrected chi connectivity index (χ0v) is 21.7. The topological polar surface area (TPSA) is 54.7 Å². The van der Waals surface area contributed by atoms with Crippen molar-refractivity contribution in [1.82, 2.24) is 9.78 Å². The Hall–Kier alpha value is -3.35. The molecule has 0 spiro atoms. The highest BCUT2D eigenvalue weighted by Crippen LogP contribution is 2.41. The van der Waals surface area contributed by atoms with E-state index in [2.05, 4.69) is 6.92 Å². The Morgan fingerprint density at radius 3 is 1.80 bits per heavy atom. The lowest BCUT2D eigenvalue weighted by Crippen LogP contribution is -2.01. The van der Waals surface area contributed by atoms with Crippen LogP contribution >= 0.6 is 23.2 Å². The molecule has 8 heteroatoms. The van der Waals surface area contributed by atoms with Crippen LogP contribution in [0.2, 0.25) is 10.0 Å². The Kier molecular flexibility index (Phi) is 7.43. The molecule has 0 unspecified atom stereocenters. The maximum absolute atomic E-state index is 6.38. The maximum Gasteiger partial charge on any atom is 0.161 e. The lowest BCUT2D eigenvalue weighted by Gasteiger charge is -2.13. The highest BCUT2D eigenvalue weighted by molar-refractivity contribution is 6.42. The Bertz CT molecular complexity index is 1370. The SMILES string of the molecule is CCc1c(-c2ccc(OC)c(OC)c2)nn(-c2ccc(Cl)c(Cl)c2)c1-c1ccc(OC)c(OC)c1. The van der Waals surface area contributed by atoms with Crippen LogP contribution in [0, 0.1) is 0 Å². The van der Waals surface area contributed by atoms with Crippen molar-refractivity contribution >= 4 is 23.2 Å². The van der Waals surface area contributed by atoms with Crippen LogP contribution < -0.4 is 18.9 Å². The minimum atomic E-state index is 0.448. The lowest BCUT2D eigenvalue weighted by molar-refractivity contribution is 0.355. The molecule has 0 bridgehead atoms. The first-order chi connectivity index (χ1) is 16.9. The Morgan fingerprint density at radius 1 is 0.686 bits per heavy atom. The fraction of sp³-hybridized carbons (Fsp3) is 0.222. The molecule has 35 heavy (non-hydrogen) atoms. The average Bonchev–Trinajstić information content (AvgIpc) is 3.29. The zero-order chi connectivity index (χ0) is 25.1. The summed E-state index contributed by atoms with van der Waals surface area (Å²) in [6.45, 7) is 2.10. The molecule has 4 rings (SSSR count). The van der Waals surface area contributed by atoms with Crippen LogP contribution in [0.1, 0.15) is 12.5 Å². The smallest absolute Gasteiger partial charge is 0.161 e. The molecule has 182 valence electrons. The highest BCUT2D eigenvalue weighted by Gasteiger charge is 2.23. The van der Waals surface area contributed by atoms with Crippen molar-refractivity contribution in [2.75, 3.05) is 28.4 Å². The third-order valence-corrected chi connectivity index (χ3v) is 6.54. The number of aromatic nitrogens is 2. The minimum Gasteiger partial charge on any atom is -0.493 e. The number of hydrogen-bond donors (Lipinski definition) is 0. The predicted octanol–water partition coefficient (Wildman–Crippen LogP) is 7.11. The Labute approximate surface area is 214 Å². The van der Waals surface area contributed by atoms with Gasteiger partial charge in [-0.3, -0.25) is 0 Å². The van der Waals surface area contributed by atoms with E-state index in [9.17, 15) is 0 Å². The molecule has 0 radical (unpaired) electrons. The van der Waals surface area contributed by atoms with E-state index in [1.165, 1.54) is 0 Å². The Morgan fingerprint density at radius 2 is 1.26 bits per heavy atom. The van der Waals surface area contributed by atoms with Gasteiger partial charge >= 0.3 is 0 Å². The Balaban J connectivity index is 2.02. The monoisotopic (exact) mass is 512 g/mol. The summed E-state index contributed by atoms with van der Waals surface area (Å²) in [6, 6.07) is 17.1. The first-order valence-corrected chi connectivity index (χ1v) is 11.7. The summed E-state index contributed by atoms with van der Waals surface area (Å²) in [5.41, 5.74) is 5.40. The van der Waals surface area contributed by atoms with Crippen LogP contribution in [0.15, 0.2) is 54.6 Å². The molecule has 0 aliphatic carbocycles. The van der Waals surface area contributed by atoms with Gasteiger partial charge in [0.2, 0.25) is 0 Å². The number of hydrogen-bond acceptors (Lipinski definition) is 5. The number of benzene rings is 3. The standard InChI is InChI=1S/C27H26Cl2N2O4/c1-6-19-26(16-7-11-22(32-2)24(13-16)34-4)30-31(18-9-10-20(28)21(29)15-18)27(19)17-8-12-23(33-3)25(14-17)35-5/h7-15H,6H2,1-5H3. The molecule has 0 aliphatic rings. The molecule has 0 atom stereocenters. The second-order valence-corrected chi connectivity index (χ2v) is 8.49. The molecule has 4 aromatic rings. The summed E-state index contributed by atoms with van der Waals surface area (Å²) in [6.07, 6.45) is 0.731. The van der Waals surface area contributed by atoms with Crippen molar-refractivity contribution in [3.05, 3.63) is 70.2 Å². The van der Waals surface area contributed by atoms with Crippen LogP contribution in [0.4, 0.5) is 0 Å². The van der Waals surface area contributed by atoms with Crippen LogP contribution in [-0.4, -0.2) is 38.2 Å². The first-order valence-electron chi connectivity index (χ1n) is 11.0. The van der Waals surface area contributed by atoms with Crippen LogP contribution in [0.25, 0.3) is 28.2 Å². The van der Waals surface area contributed by atoms with E-state index in [4.69, 9.17) is 47.2 Å². The minimum absolute atomic E-state index is 0.448. The van der Waals surface area contributed by atoms with Gasteiger partial charge in [-0.15, -0.1) is 0 Å². The van der Waals surface area contributed by atoms with Crippen molar-refractivity contribution in [2.45, 2.75) is 13.3 Å². The van der Waals surface area contributed by atoms with E-state index in [0.29, 0.717) is 33.0 Å². The van der Waals surface area contributed by atoms with Crippen molar-refractivity contribution in [2.24, 2.45) is 0 Å². The predicted molar refractivity (Wildman–Crippen MR) is 140 cm³/mol. The van der Waals surface area contributed by atoms with Crippen LogP contribution in [0.3, 0.4) is 0 Å².